The van der Waals surface area contributed by atoms with E-state index in [1.165, 1.54) is 30.3 Å². The lowest BCUT2D eigenvalue weighted by atomic mass is 10.2. The molecule has 3 N–H and O–H groups in total. The van der Waals surface area contributed by atoms with Gasteiger partial charge >= 0.3 is 0 Å². The van der Waals surface area contributed by atoms with Crippen LogP contribution in [0, 0.1) is 5.82 Å². The summed E-state index contributed by atoms with van der Waals surface area (Å²) in [5, 5.41) is 0.503. The SMILES string of the molecule is Nc1ccc(/C=C2/NS(=O)(=O)/C(=C/c3ccc(F)cc3)S2)cc1. The Balaban J connectivity index is 1.89. The third-order valence-corrected chi connectivity index (χ3v) is 6.03. The van der Waals surface area contributed by atoms with E-state index in [1.54, 1.807) is 30.3 Å². The summed E-state index contributed by atoms with van der Waals surface area (Å²) in [5.41, 5.74) is 7.72. The van der Waals surface area contributed by atoms with Gasteiger partial charge in [0, 0.05) is 5.69 Å². The molecule has 1 aliphatic heterocycles. The predicted octanol–water partition coefficient (Wildman–Crippen LogP) is 3.37. The second kappa shape index (κ2) is 6.10. The highest BCUT2D eigenvalue weighted by Crippen LogP contribution is 2.37. The number of benzene rings is 2. The molecule has 0 aliphatic carbocycles. The molecule has 1 aliphatic rings. The standard InChI is InChI=1S/C16H13FN2O2S2/c17-13-5-1-12(2-6-13)10-16-22-15(19-23(16,20)21)9-11-3-7-14(18)8-4-11/h1-10,19H,18H2/b15-9-,16-10+. The normalized spacial score (nSPS) is 19.9. The first-order valence-corrected chi connectivity index (χ1v) is 8.97. The molecule has 1 heterocycles. The molecule has 118 valence electrons. The minimum absolute atomic E-state index is 0.172. The van der Waals surface area contributed by atoms with Gasteiger partial charge in [0.05, 0.1) is 5.03 Å². The van der Waals surface area contributed by atoms with Gasteiger partial charge < -0.3 is 5.73 Å². The van der Waals surface area contributed by atoms with E-state index in [9.17, 15) is 12.8 Å². The van der Waals surface area contributed by atoms with Gasteiger partial charge in [-0.3, -0.25) is 4.72 Å². The van der Waals surface area contributed by atoms with Gasteiger partial charge in [0.15, 0.2) is 0 Å². The Morgan fingerprint density at radius 3 is 2.17 bits per heavy atom. The Morgan fingerprint density at radius 2 is 1.52 bits per heavy atom. The van der Waals surface area contributed by atoms with Crippen molar-refractivity contribution in [1.29, 1.82) is 0 Å². The highest BCUT2D eigenvalue weighted by Gasteiger charge is 2.28. The molecule has 0 saturated carbocycles. The minimum atomic E-state index is -3.59. The van der Waals surface area contributed by atoms with Crippen molar-refractivity contribution in [3.63, 3.8) is 0 Å². The average Bonchev–Trinajstić information content (AvgIpc) is 2.78. The van der Waals surface area contributed by atoms with Gasteiger partial charge in [0.1, 0.15) is 10.1 Å². The second-order valence-electron chi connectivity index (χ2n) is 4.90. The summed E-state index contributed by atoms with van der Waals surface area (Å²) in [6, 6.07) is 12.7. The Bertz CT molecular complexity index is 887. The van der Waals surface area contributed by atoms with Crippen molar-refractivity contribution in [2.24, 2.45) is 0 Å². The quantitative estimate of drug-likeness (QED) is 0.816. The molecule has 0 amide bonds. The maximum Gasteiger partial charge on any atom is 0.268 e. The topological polar surface area (TPSA) is 72.2 Å². The highest BCUT2D eigenvalue weighted by atomic mass is 32.3. The minimum Gasteiger partial charge on any atom is -0.399 e. The summed E-state index contributed by atoms with van der Waals surface area (Å²) >= 11 is 1.11. The van der Waals surface area contributed by atoms with Gasteiger partial charge in [-0.15, -0.1) is 0 Å². The molecule has 0 bridgehead atoms. The van der Waals surface area contributed by atoms with E-state index < -0.39 is 10.0 Å². The highest BCUT2D eigenvalue weighted by molar-refractivity contribution is 8.23. The van der Waals surface area contributed by atoms with Crippen LogP contribution in [0.5, 0.6) is 0 Å². The molecule has 7 heteroatoms. The third kappa shape index (κ3) is 3.75. The summed E-state index contributed by atoms with van der Waals surface area (Å²) in [4.78, 5) is 0. The molecule has 0 atom stereocenters. The molecule has 0 aromatic heterocycles. The molecular formula is C16H13FN2O2S2. The van der Waals surface area contributed by atoms with Crippen molar-refractivity contribution in [3.8, 4) is 0 Å². The number of anilines is 1. The van der Waals surface area contributed by atoms with Gasteiger partial charge in [0.2, 0.25) is 0 Å². The number of halogens is 1. The second-order valence-corrected chi connectivity index (χ2v) is 7.89. The van der Waals surface area contributed by atoms with Crippen LogP contribution in [0.3, 0.4) is 0 Å². The van der Waals surface area contributed by atoms with Crippen LogP contribution in [0.1, 0.15) is 11.1 Å². The van der Waals surface area contributed by atoms with E-state index in [4.69, 9.17) is 5.73 Å². The molecule has 23 heavy (non-hydrogen) atoms. The van der Waals surface area contributed by atoms with Crippen molar-refractivity contribution in [3.05, 3.63) is 74.7 Å². The van der Waals surface area contributed by atoms with E-state index >= 15 is 0 Å². The fourth-order valence-electron chi connectivity index (χ4n) is 1.97. The van der Waals surface area contributed by atoms with Crippen molar-refractivity contribution < 1.29 is 12.8 Å². The fourth-order valence-corrected chi connectivity index (χ4v) is 4.62. The number of hydrogen-bond donors (Lipinski definition) is 2. The van der Waals surface area contributed by atoms with E-state index in [0.717, 1.165) is 17.3 Å². The van der Waals surface area contributed by atoms with E-state index in [0.29, 0.717) is 16.3 Å². The molecule has 2 aromatic carbocycles. The van der Waals surface area contributed by atoms with E-state index in [1.807, 2.05) is 0 Å². The molecule has 1 saturated heterocycles. The van der Waals surface area contributed by atoms with E-state index in [2.05, 4.69) is 4.72 Å². The van der Waals surface area contributed by atoms with Crippen LogP contribution in [0.25, 0.3) is 12.2 Å². The van der Waals surface area contributed by atoms with Gasteiger partial charge in [-0.2, -0.15) is 0 Å². The molecular weight excluding hydrogens is 335 g/mol. The lowest BCUT2D eigenvalue weighted by molar-refractivity contribution is 0.600. The summed E-state index contributed by atoms with van der Waals surface area (Å²) in [5.74, 6) is -0.365. The Kier molecular flexibility index (Phi) is 4.14. The number of rotatable bonds is 2. The average molecular weight is 348 g/mol. The number of nitrogen functional groups attached to an aromatic ring is 1. The first-order valence-electron chi connectivity index (χ1n) is 6.67. The smallest absolute Gasteiger partial charge is 0.268 e. The van der Waals surface area contributed by atoms with E-state index in [-0.39, 0.29) is 10.1 Å². The summed E-state index contributed by atoms with van der Waals surface area (Å²) in [7, 11) is -3.59. The van der Waals surface area contributed by atoms with Crippen LogP contribution in [0.15, 0.2) is 57.8 Å². The predicted molar refractivity (Wildman–Crippen MR) is 92.9 cm³/mol. The Hall–Kier alpha value is -2.25. The van der Waals surface area contributed by atoms with Crippen LogP contribution in [0.2, 0.25) is 0 Å². The number of nitrogens with two attached hydrogens (primary N) is 1. The zero-order chi connectivity index (χ0) is 16.4. The van der Waals surface area contributed by atoms with Crippen molar-refractivity contribution in [2.75, 3.05) is 5.73 Å². The zero-order valence-electron chi connectivity index (χ0n) is 11.9. The number of hydrogen-bond acceptors (Lipinski definition) is 4. The largest absolute Gasteiger partial charge is 0.399 e. The lowest BCUT2D eigenvalue weighted by Crippen LogP contribution is -2.13. The number of sulfonamides is 1. The van der Waals surface area contributed by atoms with Crippen LogP contribution in [-0.4, -0.2) is 8.42 Å². The summed E-state index contributed by atoms with van der Waals surface area (Å²) < 4.78 is 39.9. The molecule has 1 fully saturated rings. The molecule has 0 unspecified atom stereocenters. The number of nitrogens with one attached hydrogen (secondary N) is 1. The summed E-state index contributed by atoms with van der Waals surface area (Å²) in [6.07, 6.45) is 3.24. The molecule has 0 radical (unpaired) electrons. The van der Waals surface area contributed by atoms with Crippen molar-refractivity contribution in [1.82, 2.24) is 4.72 Å². The van der Waals surface area contributed by atoms with Crippen LogP contribution < -0.4 is 10.5 Å². The van der Waals surface area contributed by atoms with Crippen molar-refractivity contribution >= 4 is 39.6 Å². The molecule has 2 aromatic rings. The molecule has 3 rings (SSSR count). The lowest BCUT2D eigenvalue weighted by Gasteiger charge is -1.97. The first kappa shape index (κ1) is 15.6. The number of thioether (sulfide) groups is 1. The molecule has 4 nitrogen and oxygen atoms in total. The fraction of sp³-hybridized carbons (Fsp3) is 0. The molecule has 0 spiro atoms. The van der Waals surface area contributed by atoms with Crippen LogP contribution in [0.4, 0.5) is 10.1 Å². The maximum absolute atomic E-state index is 12.9. The van der Waals surface area contributed by atoms with Gasteiger partial charge in [0.25, 0.3) is 10.0 Å². The zero-order valence-corrected chi connectivity index (χ0v) is 13.5. The Morgan fingerprint density at radius 1 is 0.957 bits per heavy atom. The monoisotopic (exact) mass is 348 g/mol. The van der Waals surface area contributed by atoms with Gasteiger partial charge in [-0.25, -0.2) is 12.8 Å². The Labute approximate surface area is 138 Å². The van der Waals surface area contributed by atoms with Crippen LogP contribution >= 0.6 is 11.8 Å². The van der Waals surface area contributed by atoms with Crippen molar-refractivity contribution in [2.45, 2.75) is 0 Å². The van der Waals surface area contributed by atoms with Gasteiger partial charge in [-0.05, 0) is 47.5 Å². The third-order valence-electron chi connectivity index (χ3n) is 3.10. The summed E-state index contributed by atoms with van der Waals surface area (Å²) in [6.45, 7) is 0. The van der Waals surface area contributed by atoms with Crippen LogP contribution in [-0.2, 0) is 10.0 Å². The van der Waals surface area contributed by atoms with Gasteiger partial charge in [-0.1, -0.05) is 36.0 Å². The first-order chi connectivity index (χ1) is 10.9. The maximum atomic E-state index is 12.9.